The van der Waals surface area contributed by atoms with Gasteiger partial charge in [0.1, 0.15) is 12.1 Å². The predicted molar refractivity (Wildman–Crippen MR) is 56.3 cm³/mol. The molecule has 3 fully saturated rings. The second kappa shape index (κ2) is 3.18. The van der Waals surface area contributed by atoms with E-state index in [4.69, 9.17) is 4.74 Å². The van der Waals surface area contributed by atoms with Crippen LogP contribution in [0.1, 0.15) is 12.8 Å². The fourth-order valence-electron chi connectivity index (χ4n) is 3.56. The van der Waals surface area contributed by atoms with Gasteiger partial charge in [-0.3, -0.25) is 0 Å². The van der Waals surface area contributed by atoms with Gasteiger partial charge in [-0.05, 0) is 0 Å². The number of rotatable bonds is 0. The Balaban J connectivity index is 1.86. The van der Waals surface area contributed by atoms with Gasteiger partial charge in [0.25, 0.3) is 0 Å². The maximum atomic E-state index is 11.5. The Kier molecular flexibility index (Phi) is 2.13. The van der Waals surface area contributed by atoms with Gasteiger partial charge in [0.05, 0.1) is 37.8 Å². The summed E-state index contributed by atoms with van der Waals surface area (Å²) in [6, 6.07) is 1.17. The molecule has 0 aromatic heterocycles. The molecule has 0 aliphatic carbocycles. The lowest BCUT2D eigenvalue weighted by molar-refractivity contribution is -0.965. The Labute approximate surface area is 90.7 Å². The number of sulfone groups is 1. The summed E-state index contributed by atoms with van der Waals surface area (Å²) in [7, 11) is -2.73. The summed E-state index contributed by atoms with van der Waals surface area (Å²) in [5.41, 5.74) is 0. The van der Waals surface area contributed by atoms with Crippen molar-refractivity contribution in [3.63, 3.8) is 0 Å². The molecule has 0 N–H and O–H groups in total. The molecule has 2 bridgehead atoms. The van der Waals surface area contributed by atoms with Crippen LogP contribution in [0.2, 0.25) is 0 Å². The lowest BCUT2D eigenvalue weighted by atomic mass is 10.1. The van der Waals surface area contributed by atoms with Gasteiger partial charge < -0.3 is 9.22 Å². The molecule has 2 unspecified atom stereocenters. The molecule has 15 heavy (non-hydrogen) atoms. The van der Waals surface area contributed by atoms with E-state index in [1.165, 1.54) is 12.8 Å². The van der Waals surface area contributed by atoms with Crippen LogP contribution in [-0.2, 0) is 14.6 Å². The van der Waals surface area contributed by atoms with E-state index >= 15 is 0 Å². The number of hydrogen-bond acceptors (Lipinski definition) is 3. The summed E-state index contributed by atoms with van der Waals surface area (Å²) in [5, 5.41) is 0. The topological polar surface area (TPSA) is 43.4 Å². The Hall–Kier alpha value is -0.130. The molecule has 3 aliphatic rings. The molecule has 2 atom stereocenters. The van der Waals surface area contributed by atoms with E-state index in [1.54, 1.807) is 0 Å². The average molecular weight is 232 g/mol. The van der Waals surface area contributed by atoms with E-state index in [0.717, 1.165) is 30.8 Å². The minimum atomic E-state index is -2.73. The normalized spacial score (nSPS) is 41.9. The van der Waals surface area contributed by atoms with Crippen LogP contribution in [0.3, 0.4) is 0 Å². The van der Waals surface area contributed by atoms with E-state index in [0.29, 0.717) is 23.6 Å². The fourth-order valence-corrected chi connectivity index (χ4v) is 5.00. The summed E-state index contributed by atoms with van der Waals surface area (Å²) in [6.45, 7) is 3.36. The molecule has 3 aliphatic heterocycles. The Bertz CT molecular complexity index is 333. The Morgan fingerprint density at radius 1 is 1.00 bits per heavy atom. The Morgan fingerprint density at radius 3 is 2.07 bits per heavy atom. The highest BCUT2D eigenvalue weighted by Gasteiger charge is 2.54. The van der Waals surface area contributed by atoms with Crippen LogP contribution in [0.5, 0.6) is 0 Å². The highest BCUT2D eigenvalue weighted by atomic mass is 32.2. The molecule has 3 rings (SSSR count). The van der Waals surface area contributed by atoms with Crippen LogP contribution in [0.15, 0.2) is 0 Å². The highest BCUT2D eigenvalue weighted by molar-refractivity contribution is 7.91. The van der Waals surface area contributed by atoms with Crippen molar-refractivity contribution in [1.29, 1.82) is 0 Å². The minimum Gasteiger partial charge on any atom is -0.369 e. The monoisotopic (exact) mass is 232 g/mol. The van der Waals surface area contributed by atoms with Crippen LogP contribution < -0.4 is 0 Å². The summed E-state index contributed by atoms with van der Waals surface area (Å²) in [4.78, 5) is 0. The van der Waals surface area contributed by atoms with Gasteiger partial charge in [0.2, 0.25) is 0 Å². The molecule has 3 heterocycles. The average Bonchev–Trinajstić information content (AvgIpc) is 2.40. The van der Waals surface area contributed by atoms with Gasteiger partial charge in [-0.1, -0.05) is 0 Å². The van der Waals surface area contributed by atoms with Crippen molar-refractivity contribution >= 4 is 9.84 Å². The van der Waals surface area contributed by atoms with Gasteiger partial charge >= 0.3 is 0 Å². The van der Waals surface area contributed by atoms with E-state index in [1.807, 2.05) is 0 Å². The third kappa shape index (κ3) is 1.44. The zero-order chi connectivity index (χ0) is 10.5. The van der Waals surface area contributed by atoms with E-state index in [9.17, 15) is 8.42 Å². The van der Waals surface area contributed by atoms with Crippen molar-refractivity contribution in [3.05, 3.63) is 0 Å². The van der Waals surface area contributed by atoms with Crippen molar-refractivity contribution in [2.75, 3.05) is 37.8 Å². The molecular formula is C10H18NO3S+. The molecule has 0 saturated carbocycles. The van der Waals surface area contributed by atoms with Crippen LogP contribution in [0.4, 0.5) is 0 Å². The third-order valence-corrected chi connectivity index (χ3v) is 6.15. The molecule has 0 amide bonds. The van der Waals surface area contributed by atoms with Gasteiger partial charge in [0.15, 0.2) is 9.84 Å². The lowest BCUT2D eigenvalue weighted by Crippen LogP contribution is -2.67. The minimum absolute atomic E-state index is 0.389. The van der Waals surface area contributed by atoms with Gasteiger partial charge in [0, 0.05) is 12.8 Å². The van der Waals surface area contributed by atoms with Gasteiger partial charge in [-0.15, -0.1) is 0 Å². The molecule has 5 heteroatoms. The second-order valence-electron chi connectivity index (χ2n) is 5.12. The number of morpholine rings is 1. The quantitative estimate of drug-likeness (QED) is 0.543. The summed E-state index contributed by atoms with van der Waals surface area (Å²) in [6.07, 6.45) is 2.45. The molecule has 86 valence electrons. The maximum Gasteiger partial charge on any atom is 0.161 e. The molecular weight excluding hydrogens is 214 g/mol. The molecule has 1 spiro atoms. The van der Waals surface area contributed by atoms with E-state index in [-0.39, 0.29) is 0 Å². The highest BCUT2D eigenvalue weighted by Crippen LogP contribution is 2.38. The molecule has 0 radical (unpaired) electrons. The zero-order valence-corrected chi connectivity index (χ0v) is 9.71. The van der Waals surface area contributed by atoms with E-state index in [2.05, 4.69) is 0 Å². The third-order valence-electron chi connectivity index (χ3n) is 4.55. The van der Waals surface area contributed by atoms with E-state index < -0.39 is 9.84 Å². The molecule has 0 aromatic rings. The van der Waals surface area contributed by atoms with Crippen molar-refractivity contribution in [2.45, 2.75) is 24.9 Å². The SMILES string of the molecule is O=S1(=O)CC[N+]2(CC1)C1CCC2COC1. The van der Waals surface area contributed by atoms with Crippen molar-refractivity contribution < 1.29 is 17.6 Å². The number of quaternary nitrogens is 1. The standard InChI is InChI=1S/C10H18NO3S/c12-15(13)5-3-11(4-6-15)9-1-2-10(11)8-14-7-9/h9-10H,1-8H2/q+1. The molecule has 3 saturated heterocycles. The predicted octanol–water partition coefficient (Wildman–Crippen LogP) is -0.207. The first-order valence-corrected chi connectivity index (χ1v) is 7.59. The number of nitrogens with zero attached hydrogens (tertiary/aromatic N) is 1. The summed E-state index contributed by atoms with van der Waals surface area (Å²) < 4.78 is 29.6. The van der Waals surface area contributed by atoms with Crippen molar-refractivity contribution in [3.8, 4) is 0 Å². The van der Waals surface area contributed by atoms with Crippen molar-refractivity contribution in [1.82, 2.24) is 0 Å². The van der Waals surface area contributed by atoms with Crippen LogP contribution >= 0.6 is 0 Å². The van der Waals surface area contributed by atoms with Gasteiger partial charge in [-0.2, -0.15) is 0 Å². The first-order chi connectivity index (χ1) is 7.12. The lowest BCUT2D eigenvalue weighted by Gasteiger charge is -2.49. The van der Waals surface area contributed by atoms with Crippen molar-refractivity contribution in [2.24, 2.45) is 0 Å². The fraction of sp³-hybridized carbons (Fsp3) is 1.00. The van der Waals surface area contributed by atoms with Crippen LogP contribution in [-0.4, -0.2) is 62.8 Å². The molecule has 0 aromatic carbocycles. The summed E-state index contributed by atoms with van der Waals surface area (Å²) >= 11 is 0. The first-order valence-electron chi connectivity index (χ1n) is 5.77. The first kappa shape index (κ1) is 10.1. The molecule has 4 nitrogen and oxygen atoms in total. The van der Waals surface area contributed by atoms with Crippen LogP contribution in [0, 0.1) is 0 Å². The second-order valence-corrected chi connectivity index (χ2v) is 7.43. The summed E-state index contributed by atoms with van der Waals surface area (Å²) in [5.74, 6) is 0.778. The largest absolute Gasteiger partial charge is 0.369 e. The van der Waals surface area contributed by atoms with Crippen LogP contribution in [0.25, 0.3) is 0 Å². The zero-order valence-electron chi connectivity index (χ0n) is 8.89. The number of hydrogen-bond donors (Lipinski definition) is 0. The Morgan fingerprint density at radius 2 is 1.53 bits per heavy atom. The number of ether oxygens (including phenoxy) is 1. The smallest absolute Gasteiger partial charge is 0.161 e. The maximum absolute atomic E-state index is 11.5. The van der Waals surface area contributed by atoms with Gasteiger partial charge in [-0.25, -0.2) is 8.42 Å².